The minimum absolute atomic E-state index is 0.120. The summed E-state index contributed by atoms with van der Waals surface area (Å²) in [5, 5.41) is 8.05. The standard InChI is InChI=1S/C8H12ClN3O/c1-12-7(5-9)10-11-8(12)6-3-2-4-13-6/h6H,2-5H2,1H3. The van der Waals surface area contributed by atoms with E-state index in [0.29, 0.717) is 5.88 Å². The molecule has 2 rings (SSSR count). The third-order valence-electron chi connectivity index (χ3n) is 2.34. The first kappa shape index (κ1) is 8.97. The van der Waals surface area contributed by atoms with E-state index in [1.165, 1.54) is 0 Å². The maximum atomic E-state index is 5.69. The summed E-state index contributed by atoms with van der Waals surface area (Å²) in [5.74, 6) is 2.09. The Kier molecular flexibility index (Phi) is 2.51. The molecular weight excluding hydrogens is 190 g/mol. The van der Waals surface area contributed by atoms with Crippen LogP contribution in [0.4, 0.5) is 0 Å². The van der Waals surface area contributed by atoms with Crippen LogP contribution in [0, 0.1) is 0 Å². The fourth-order valence-corrected chi connectivity index (χ4v) is 1.79. The average molecular weight is 202 g/mol. The first-order valence-corrected chi connectivity index (χ1v) is 4.92. The highest BCUT2D eigenvalue weighted by Crippen LogP contribution is 2.26. The van der Waals surface area contributed by atoms with Gasteiger partial charge in [0.15, 0.2) is 5.82 Å². The first-order valence-electron chi connectivity index (χ1n) is 4.38. The van der Waals surface area contributed by atoms with Crippen LogP contribution in [0.25, 0.3) is 0 Å². The van der Waals surface area contributed by atoms with Gasteiger partial charge in [-0.1, -0.05) is 0 Å². The highest BCUT2D eigenvalue weighted by atomic mass is 35.5. The van der Waals surface area contributed by atoms with Crippen molar-refractivity contribution in [1.82, 2.24) is 14.8 Å². The monoisotopic (exact) mass is 201 g/mol. The molecule has 4 nitrogen and oxygen atoms in total. The summed E-state index contributed by atoms with van der Waals surface area (Å²) in [6.45, 7) is 0.827. The predicted octanol–water partition coefficient (Wildman–Crippen LogP) is 1.41. The predicted molar refractivity (Wildman–Crippen MR) is 48.5 cm³/mol. The van der Waals surface area contributed by atoms with Crippen molar-refractivity contribution in [1.29, 1.82) is 0 Å². The Morgan fingerprint density at radius 3 is 3.00 bits per heavy atom. The molecule has 5 heteroatoms. The molecule has 1 aliphatic heterocycles. The van der Waals surface area contributed by atoms with Crippen LogP contribution < -0.4 is 0 Å². The minimum Gasteiger partial charge on any atom is -0.370 e. The van der Waals surface area contributed by atoms with Gasteiger partial charge >= 0.3 is 0 Å². The number of alkyl halides is 1. The van der Waals surface area contributed by atoms with Crippen molar-refractivity contribution in [2.45, 2.75) is 24.8 Å². The maximum Gasteiger partial charge on any atom is 0.162 e. The number of hydrogen-bond acceptors (Lipinski definition) is 3. The summed E-state index contributed by atoms with van der Waals surface area (Å²) in [5.41, 5.74) is 0. The minimum atomic E-state index is 0.120. The lowest BCUT2D eigenvalue weighted by Crippen LogP contribution is -2.06. The quantitative estimate of drug-likeness (QED) is 0.680. The van der Waals surface area contributed by atoms with Gasteiger partial charge in [0.05, 0.1) is 5.88 Å². The maximum absolute atomic E-state index is 5.69. The fraction of sp³-hybridized carbons (Fsp3) is 0.750. The number of hydrogen-bond donors (Lipinski definition) is 0. The number of aromatic nitrogens is 3. The van der Waals surface area contributed by atoms with Crippen LogP contribution in [-0.2, 0) is 17.7 Å². The van der Waals surface area contributed by atoms with E-state index in [9.17, 15) is 0 Å². The summed E-state index contributed by atoms with van der Waals surface area (Å²) >= 11 is 5.69. The molecule has 0 radical (unpaired) electrons. The van der Waals surface area contributed by atoms with Gasteiger partial charge in [-0.2, -0.15) is 0 Å². The molecule has 1 aromatic rings. The molecule has 1 aromatic heterocycles. The van der Waals surface area contributed by atoms with E-state index in [2.05, 4.69) is 10.2 Å². The lowest BCUT2D eigenvalue weighted by atomic mass is 10.2. The second-order valence-corrected chi connectivity index (χ2v) is 3.44. The Bertz CT molecular complexity index is 294. The second kappa shape index (κ2) is 3.64. The van der Waals surface area contributed by atoms with Crippen LogP contribution in [0.1, 0.15) is 30.6 Å². The van der Waals surface area contributed by atoms with Gasteiger partial charge in [0.1, 0.15) is 11.9 Å². The second-order valence-electron chi connectivity index (χ2n) is 3.17. The van der Waals surface area contributed by atoms with Crippen LogP contribution in [0.15, 0.2) is 0 Å². The van der Waals surface area contributed by atoms with E-state index in [1.54, 1.807) is 0 Å². The van der Waals surface area contributed by atoms with Crippen molar-refractivity contribution in [2.24, 2.45) is 7.05 Å². The summed E-state index contributed by atoms with van der Waals surface area (Å²) < 4.78 is 7.43. The Hall–Kier alpha value is -0.610. The molecule has 72 valence electrons. The number of halogens is 1. The SMILES string of the molecule is Cn1c(CCl)nnc1C1CCCO1. The molecule has 0 spiro atoms. The highest BCUT2D eigenvalue weighted by molar-refractivity contribution is 6.16. The van der Waals surface area contributed by atoms with E-state index in [4.69, 9.17) is 16.3 Å². The Morgan fingerprint density at radius 2 is 2.46 bits per heavy atom. The van der Waals surface area contributed by atoms with E-state index in [1.807, 2.05) is 11.6 Å². The van der Waals surface area contributed by atoms with Gasteiger partial charge in [0.2, 0.25) is 0 Å². The van der Waals surface area contributed by atoms with E-state index >= 15 is 0 Å². The highest BCUT2D eigenvalue weighted by Gasteiger charge is 2.23. The normalized spacial score (nSPS) is 22.5. The van der Waals surface area contributed by atoms with Crippen LogP contribution in [0.3, 0.4) is 0 Å². The fourth-order valence-electron chi connectivity index (χ4n) is 1.55. The topological polar surface area (TPSA) is 39.9 Å². The van der Waals surface area contributed by atoms with Crippen molar-refractivity contribution in [2.75, 3.05) is 6.61 Å². The van der Waals surface area contributed by atoms with Crippen LogP contribution in [0.5, 0.6) is 0 Å². The van der Waals surface area contributed by atoms with Gasteiger partial charge in [-0.25, -0.2) is 0 Å². The Labute approximate surface area is 81.9 Å². The molecule has 0 aromatic carbocycles. The van der Waals surface area contributed by atoms with Gasteiger partial charge in [-0.15, -0.1) is 21.8 Å². The van der Waals surface area contributed by atoms with Gasteiger partial charge < -0.3 is 9.30 Å². The van der Waals surface area contributed by atoms with Crippen molar-refractivity contribution in [3.8, 4) is 0 Å². The zero-order valence-electron chi connectivity index (χ0n) is 7.53. The first-order chi connectivity index (χ1) is 6.33. The molecule has 1 unspecified atom stereocenters. The molecule has 0 amide bonds. The Balaban J connectivity index is 2.24. The molecule has 1 saturated heterocycles. The zero-order chi connectivity index (χ0) is 9.26. The Morgan fingerprint density at radius 1 is 1.62 bits per heavy atom. The summed E-state index contributed by atoms with van der Waals surface area (Å²) in [4.78, 5) is 0. The average Bonchev–Trinajstić information content (AvgIpc) is 2.72. The zero-order valence-corrected chi connectivity index (χ0v) is 8.29. The molecule has 0 saturated carbocycles. The largest absolute Gasteiger partial charge is 0.370 e. The van der Waals surface area contributed by atoms with Crippen molar-refractivity contribution >= 4 is 11.6 Å². The van der Waals surface area contributed by atoms with Gasteiger partial charge in [-0.05, 0) is 12.8 Å². The van der Waals surface area contributed by atoms with E-state index in [-0.39, 0.29) is 6.10 Å². The number of ether oxygens (including phenoxy) is 1. The third-order valence-corrected chi connectivity index (χ3v) is 2.57. The summed E-state index contributed by atoms with van der Waals surface area (Å²) in [6.07, 6.45) is 2.26. The molecule has 0 bridgehead atoms. The molecule has 2 heterocycles. The third kappa shape index (κ3) is 1.56. The van der Waals surface area contributed by atoms with Crippen molar-refractivity contribution in [3.63, 3.8) is 0 Å². The number of rotatable bonds is 2. The summed E-state index contributed by atoms with van der Waals surface area (Å²) in [6, 6.07) is 0. The van der Waals surface area contributed by atoms with E-state index in [0.717, 1.165) is 31.1 Å². The lowest BCUT2D eigenvalue weighted by molar-refractivity contribution is 0.102. The van der Waals surface area contributed by atoms with Gasteiger partial charge in [0.25, 0.3) is 0 Å². The van der Waals surface area contributed by atoms with Gasteiger partial charge in [-0.3, -0.25) is 0 Å². The molecule has 1 aliphatic rings. The van der Waals surface area contributed by atoms with E-state index < -0.39 is 0 Å². The molecule has 13 heavy (non-hydrogen) atoms. The smallest absolute Gasteiger partial charge is 0.162 e. The van der Waals surface area contributed by atoms with Gasteiger partial charge in [0, 0.05) is 13.7 Å². The molecule has 1 atom stereocenters. The molecule has 0 N–H and O–H groups in total. The van der Waals surface area contributed by atoms with Crippen LogP contribution in [-0.4, -0.2) is 21.4 Å². The lowest BCUT2D eigenvalue weighted by Gasteiger charge is -2.08. The van der Waals surface area contributed by atoms with Crippen molar-refractivity contribution < 1.29 is 4.74 Å². The molecular formula is C8H12ClN3O. The van der Waals surface area contributed by atoms with Crippen molar-refractivity contribution in [3.05, 3.63) is 11.6 Å². The van der Waals surface area contributed by atoms with Crippen LogP contribution in [0.2, 0.25) is 0 Å². The summed E-state index contributed by atoms with van der Waals surface area (Å²) in [7, 11) is 1.93. The van der Waals surface area contributed by atoms with Crippen LogP contribution >= 0.6 is 11.6 Å². The molecule has 1 fully saturated rings. The number of nitrogens with zero attached hydrogens (tertiary/aromatic N) is 3. The molecule has 0 aliphatic carbocycles.